The van der Waals surface area contributed by atoms with Gasteiger partial charge >= 0.3 is 0 Å². The highest BCUT2D eigenvalue weighted by Crippen LogP contribution is 2.34. The Morgan fingerprint density at radius 3 is 2.58 bits per heavy atom. The highest BCUT2D eigenvalue weighted by molar-refractivity contribution is 7.92. The zero-order valence-corrected chi connectivity index (χ0v) is 18.4. The molecule has 0 spiro atoms. The van der Waals surface area contributed by atoms with Gasteiger partial charge in [0.1, 0.15) is 11.0 Å². The standard InChI is InChI=1S/C24H29NO5S/c1-2-5-19-16-31(29,30)23(15-26)24(19)22(28)12-9-18(21-6-3-4-13-25-21)14-17-7-10-20(27)11-8-17/h3-4,6-8,10-11,13-14,22-23,26-28H,2,5,9,12,15-16H2,1H3/b18-14-/t22-,23+/m1/s1. The zero-order valence-electron chi connectivity index (χ0n) is 17.6. The molecule has 0 fully saturated rings. The third kappa shape index (κ3) is 5.61. The van der Waals surface area contributed by atoms with Crippen molar-refractivity contribution in [2.75, 3.05) is 12.4 Å². The quantitative estimate of drug-likeness (QED) is 0.513. The van der Waals surface area contributed by atoms with E-state index in [1.807, 2.05) is 31.2 Å². The molecule has 166 valence electrons. The van der Waals surface area contributed by atoms with Crippen molar-refractivity contribution < 1.29 is 23.7 Å². The first kappa shape index (κ1) is 23.2. The first-order valence-electron chi connectivity index (χ1n) is 10.5. The molecule has 31 heavy (non-hydrogen) atoms. The average Bonchev–Trinajstić information content (AvgIpc) is 3.02. The number of phenolic OH excluding ortho intramolecular Hbond substituents is 1. The first-order valence-corrected chi connectivity index (χ1v) is 12.2. The van der Waals surface area contributed by atoms with Crippen LogP contribution in [0.2, 0.25) is 0 Å². The molecule has 0 amide bonds. The second-order valence-corrected chi connectivity index (χ2v) is 10.0. The predicted octanol–water partition coefficient (Wildman–Crippen LogP) is 3.35. The molecule has 1 aliphatic rings. The maximum atomic E-state index is 12.5. The van der Waals surface area contributed by atoms with Crippen LogP contribution in [0.1, 0.15) is 43.9 Å². The second kappa shape index (κ2) is 10.2. The Morgan fingerprint density at radius 2 is 1.97 bits per heavy atom. The third-order valence-corrected chi connectivity index (χ3v) is 7.58. The summed E-state index contributed by atoms with van der Waals surface area (Å²) in [6.07, 6.45) is 4.85. The molecule has 0 saturated carbocycles. The van der Waals surface area contributed by atoms with Crippen LogP contribution in [0.4, 0.5) is 0 Å². The summed E-state index contributed by atoms with van der Waals surface area (Å²) in [5, 5.41) is 29.2. The van der Waals surface area contributed by atoms with Crippen LogP contribution < -0.4 is 0 Å². The molecule has 6 nitrogen and oxygen atoms in total. The number of pyridine rings is 1. The zero-order chi connectivity index (χ0) is 22.4. The van der Waals surface area contributed by atoms with Gasteiger partial charge in [-0.15, -0.1) is 0 Å². The van der Waals surface area contributed by atoms with Gasteiger partial charge < -0.3 is 15.3 Å². The fraction of sp³-hybridized carbons (Fsp3) is 0.375. The second-order valence-electron chi connectivity index (χ2n) is 7.82. The van der Waals surface area contributed by atoms with Crippen LogP contribution in [-0.2, 0) is 9.84 Å². The van der Waals surface area contributed by atoms with Gasteiger partial charge in [0, 0.05) is 6.20 Å². The van der Waals surface area contributed by atoms with Gasteiger partial charge in [0.25, 0.3) is 0 Å². The van der Waals surface area contributed by atoms with Crippen molar-refractivity contribution >= 4 is 21.5 Å². The van der Waals surface area contributed by atoms with Crippen LogP contribution in [0.3, 0.4) is 0 Å². The number of phenols is 1. The lowest BCUT2D eigenvalue weighted by molar-refractivity contribution is 0.190. The minimum atomic E-state index is -3.48. The number of aliphatic hydroxyl groups excluding tert-OH is 2. The highest BCUT2D eigenvalue weighted by Gasteiger charge is 2.40. The van der Waals surface area contributed by atoms with E-state index < -0.39 is 27.8 Å². The summed E-state index contributed by atoms with van der Waals surface area (Å²) in [5.74, 6) is 0.0920. The van der Waals surface area contributed by atoms with Crippen LogP contribution in [0, 0.1) is 0 Å². The summed E-state index contributed by atoms with van der Waals surface area (Å²) in [7, 11) is -3.48. The van der Waals surface area contributed by atoms with Gasteiger partial charge in [-0.1, -0.05) is 37.1 Å². The minimum Gasteiger partial charge on any atom is -0.508 e. The van der Waals surface area contributed by atoms with Gasteiger partial charge in [0.2, 0.25) is 0 Å². The van der Waals surface area contributed by atoms with Crippen molar-refractivity contribution in [3.05, 3.63) is 71.1 Å². The molecular weight excluding hydrogens is 414 g/mol. The molecule has 0 unspecified atom stereocenters. The molecule has 2 atom stereocenters. The Bertz CT molecular complexity index is 1040. The van der Waals surface area contributed by atoms with E-state index in [9.17, 15) is 23.7 Å². The number of hydrogen-bond acceptors (Lipinski definition) is 6. The lowest BCUT2D eigenvalue weighted by Gasteiger charge is -2.20. The molecule has 0 aliphatic carbocycles. The summed E-state index contributed by atoms with van der Waals surface area (Å²) in [4.78, 5) is 4.42. The first-order chi connectivity index (χ1) is 14.9. The van der Waals surface area contributed by atoms with Gasteiger partial charge in [0.05, 0.1) is 24.2 Å². The van der Waals surface area contributed by atoms with Crippen LogP contribution in [0.5, 0.6) is 5.75 Å². The van der Waals surface area contributed by atoms with Gasteiger partial charge in [-0.25, -0.2) is 8.42 Å². The van der Waals surface area contributed by atoms with Crippen molar-refractivity contribution in [1.29, 1.82) is 0 Å². The number of aliphatic hydroxyl groups is 2. The Morgan fingerprint density at radius 1 is 1.23 bits per heavy atom. The largest absolute Gasteiger partial charge is 0.508 e. The molecule has 3 rings (SSSR count). The fourth-order valence-corrected chi connectivity index (χ4v) is 6.01. The average molecular weight is 444 g/mol. The number of aromatic nitrogens is 1. The van der Waals surface area contributed by atoms with E-state index in [0.29, 0.717) is 24.8 Å². The van der Waals surface area contributed by atoms with Crippen molar-refractivity contribution in [3.8, 4) is 5.75 Å². The van der Waals surface area contributed by atoms with E-state index in [0.717, 1.165) is 28.8 Å². The highest BCUT2D eigenvalue weighted by atomic mass is 32.2. The summed E-state index contributed by atoms with van der Waals surface area (Å²) >= 11 is 0. The normalized spacial score (nSPS) is 19.6. The summed E-state index contributed by atoms with van der Waals surface area (Å²) < 4.78 is 24.9. The Kier molecular flexibility index (Phi) is 7.64. The van der Waals surface area contributed by atoms with Gasteiger partial charge in [-0.05, 0) is 66.3 Å². The summed E-state index contributed by atoms with van der Waals surface area (Å²) in [6, 6.07) is 12.4. The molecule has 0 bridgehead atoms. The van der Waals surface area contributed by atoms with Crippen molar-refractivity contribution in [2.45, 2.75) is 44.0 Å². The number of sulfone groups is 1. The fourth-order valence-electron chi connectivity index (χ4n) is 4.07. The van der Waals surface area contributed by atoms with E-state index in [2.05, 4.69) is 4.98 Å². The molecule has 2 aromatic rings. The maximum Gasteiger partial charge on any atom is 0.163 e. The van der Waals surface area contributed by atoms with E-state index >= 15 is 0 Å². The van der Waals surface area contributed by atoms with Crippen molar-refractivity contribution in [2.24, 2.45) is 0 Å². The van der Waals surface area contributed by atoms with E-state index in [-0.39, 0.29) is 11.5 Å². The molecule has 1 aliphatic heterocycles. The summed E-state index contributed by atoms with van der Waals surface area (Å²) in [6.45, 7) is 1.45. The van der Waals surface area contributed by atoms with Gasteiger partial charge in [-0.3, -0.25) is 4.98 Å². The van der Waals surface area contributed by atoms with Gasteiger partial charge in [-0.2, -0.15) is 0 Å². The van der Waals surface area contributed by atoms with E-state index in [4.69, 9.17) is 0 Å². The summed E-state index contributed by atoms with van der Waals surface area (Å²) in [5.41, 5.74) is 3.74. The van der Waals surface area contributed by atoms with Crippen LogP contribution in [-0.4, -0.2) is 52.4 Å². The number of nitrogens with zero attached hydrogens (tertiary/aromatic N) is 1. The monoisotopic (exact) mass is 443 g/mol. The molecule has 3 N–H and O–H groups in total. The molecule has 2 heterocycles. The van der Waals surface area contributed by atoms with Crippen molar-refractivity contribution in [3.63, 3.8) is 0 Å². The number of aromatic hydroxyl groups is 1. The lowest BCUT2D eigenvalue weighted by Crippen LogP contribution is -2.29. The molecule has 0 radical (unpaired) electrons. The predicted molar refractivity (Wildman–Crippen MR) is 122 cm³/mol. The molecular formula is C24H29NO5S. The topological polar surface area (TPSA) is 108 Å². The smallest absolute Gasteiger partial charge is 0.163 e. The van der Waals surface area contributed by atoms with Crippen LogP contribution >= 0.6 is 0 Å². The van der Waals surface area contributed by atoms with Crippen LogP contribution in [0.15, 0.2) is 59.8 Å². The van der Waals surface area contributed by atoms with Crippen molar-refractivity contribution in [1.82, 2.24) is 4.98 Å². The lowest BCUT2D eigenvalue weighted by atomic mass is 9.92. The number of hydrogen-bond donors (Lipinski definition) is 3. The van der Waals surface area contributed by atoms with E-state index in [1.54, 1.807) is 30.5 Å². The number of rotatable bonds is 9. The number of benzene rings is 1. The molecule has 1 aromatic heterocycles. The Labute approximate surface area is 183 Å². The third-order valence-electron chi connectivity index (χ3n) is 5.56. The molecule has 0 saturated heterocycles. The SMILES string of the molecule is CCCC1=C([C@H](O)CC/C(=C/c2ccc(O)cc2)c2ccccn2)[C@H](CO)S(=O)(=O)C1. The molecule has 1 aromatic carbocycles. The Balaban J connectivity index is 1.87. The van der Waals surface area contributed by atoms with E-state index in [1.165, 1.54) is 0 Å². The molecule has 7 heteroatoms. The van der Waals surface area contributed by atoms with Gasteiger partial charge in [0.15, 0.2) is 9.84 Å². The maximum absolute atomic E-state index is 12.5. The Hall–Kier alpha value is -2.48. The number of allylic oxidation sites excluding steroid dienone is 1. The van der Waals surface area contributed by atoms with Crippen LogP contribution in [0.25, 0.3) is 11.6 Å². The minimum absolute atomic E-state index is 0.0884.